The summed E-state index contributed by atoms with van der Waals surface area (Å²) in [7, 11) is -3.01. The van der Waals surface area contributed by atoms with Crippen LogP contribution in [0.2, 0.25) is 5.15 Å². The third-order valence-corrected chi connectivity index (χ3v) is 3.27. The van der Waals surface area contributed by atoms with Gasteiger partial charge in [-0.15, -0.1) is 0 Å². The molecule has 0 N–H and O–H groups in total. The summed E-state index contributed by atoms with van der Waals surface area (Å²) in [6.07, 6.45) is 2.63. The molecule has 7 heteroatoms. The largest absolute Gasteiger partial charge is 1.00 e. The molecule has 74 valence electrons. The van der Waals surface area contributed by atoms with Gasteiger partial charge in [-0.05, 0) is 27.6 Å². The number of rotatable bonds is 2. The van der Waals surface area contributed by atoms with E-state index in [-0.39, 0.29) is 36.7 Å². The second-order valence-corrected chi connectivity index (χ2v) is 6.04. The summed E-state index contributed by atoms with van der Waals surface area (Å²) in [5.74, 6) is -0.0181. The monoisotopic (exact) mass is 307 g/mol. The maximum absolute atomic E-state index is 10.9. The number of sulfone groups is 1. The molecule has 14 heavy (non-hydrogen) atoms. The number of hydrogen-bond acceptors (Lipinski definition) is 3. The van der Waals surface area contributed by atoms with E-state index < -0.39 is 9.84 Å². The molecule has 0 spiro atoms. The fraction of sp³-hybridized carbons (Fsp3) is 0.286. The van der Waals surface area contributed by atoms with Gasteiger partial charge in [-0.3, -0.25) is 0 Å². The molecule has 1 heterocycles. The van der Waals surface area contributed by atoms with E-state index in [0.717, 1.165) is 0 Å². The van der Waals surface area contributed by atoms with Gasteiger partial charge in [0.05, 0.1) is 10.2 Å². The number of hydrogen-bond donors (Lipinski definition) is 0. The van der Waals surface area contributed by atoms with Crippen LogP contribution in [0.1, 0.15) is 6.99 Å². The summed E-state index contributed by atoms with van der Waals surface area (Å²) < 4.78 is 22.4. The minimum absolute atomic E-state index is 0. The van der Waals surface area contributed by atoms with Crippen LogP contribution >= 0.6 is 27.5 Å². The smallest absolute Gasteiger partial charge is 1.00 e. The van der Waals surface area contributed by atoms with E-state index in [4.69, 9.17) is 11.6 Å². The van der Waals surface area contributed by atoms with E-state index in [1.54, 1.807) is 6.07 Å². The average Bonchev–Trinajstić information content (AvgIpc) is 1.94. The predicted molar refractivity (Wildman–Crippen MR) is 56.6 cm³/mol. The van der Waals surface area contributed by atoms with Crippen molar-refractivity contribution in [3.05, 3.63) is 27.5 Å². The third-order valence-electron chi connectivity index (χ3n) is 1.28. The van der Waals surface area contributed by atoms with Gasteiger partial charge in [0.1, 0.15) is 5.15 Å². The van der Waals surface area contributed by atoms with E-state index in [9.17, 15) is 8.42 Å². The van der Waals surface area contributed by atoms with Crippen molar-refractivity contribution in [1.82, 2.24) is 4.98 Å². The zero-order valence-electron chi connectivity index (χ0n) is 8.79. The number of halogens is 2. The molecule has 1 rings (SSSR count). The zero-order chi connectivity index (χ0) is 10.1. The number of aromatic nitrogens is 1. The Labute approximate surface area is 120 Å². The topological polar surface area (TPSA) is 47.0 Å². The van der Waals surface area contributed by atoms with Crippen molar-refractivity contribution in [1.29, 1.82) is 0 Å². The Morgan fingerprint density at radius 2 is 2.21 bits per heavy atom. The molecular formula is C7H8BrClNNaO2S. The minimum Gasteiger partial charge on any atom is -1.00 e. The summed E-state index contributed by atoms with van der Waals surface area (Å²) in [5, 5.41) is 0.331. The quantitative estimate of drug-likeness (QED) is 0.529. The molecule has 0 aliphatic heterocycles. The second kappa shape index (κ2) is 5.82. The van der Waals surface area contributed by atoms with Gasteiger partial charge in [-0.1, -0.05) is 11.6 Å². The SMILES string of the molecule is CS(=O)(=O)Cc1cnc(Cl)c(Br)c1.[H-].[Na+]. The molecule has 0 radical (unpaired) electrons. The van der Waals surface area contributed by atoms with Gasteiger partial charge < -0.3 is 1.43 Å². The molecule has 0 aliphatic rings. The first-order chi connectivity index (χ1) is 5.88. The Morgan fingerprint density at radius 1 is 1.64 bits per heavy atom. The number of nitrogens with zero attached hydrogens (tertiary/aromatic N) is 1. The van der Waals surface area contributed by atoms with E-state index >= 15 is 0 Å². The zero-order valence-corrected chi connectivity index (χ0v) is 12.9. The Morgan fingerprint density at radius 3 is 2.64 bits per heavy atom. The van der Waals surface area contributed by atoms with Crippen molar-refractivity contribution in [2.45, 2.75) is 5.75 Å². The van der Waals surface area contributed by atoms with Crippen LogP contribution in [0.5, 0.6) is 0 Å². The molecule has 0 aromatic carbocycles. The molecule has 0 fully saturated rings. The summed E-state index contributed by atoms with van der Waals surface area (Å²) in [6, 6.07) is 1.65. The summed E-state index contributed by atoms with van der Waals surface area (Å²) in [5.41, 5.74) is 0.624. The van der Waals surface area contributed by atoms with Crippen LogP contribution in [0, 0.1) is 0 Å². The molecule has 1 aromatic rings. The van der Waals surface area contributed by atoms with Crippen molar-refractivity contribution in [3.8, 4) is 0 Å². The van der Waals surface area contributed by atoms with E-state index in [0.29, 0.717) is 15.2 Å². The average molecular weight is 309 g/mol. The van der Waals surface area contributed by atoms with E-state index in [1.165, 1.54) is 12.5 Å². The van der Waals surface area contributed by atoms with Crippen LogP contribution in [0.25, 0.3) is 0 Å². The summed E-state index contributed by atoms with van der Waals surface area (Å²) in [6.45, 7) is 0. The molecule has 0 aliphatic carbocycles. The standard InChI is InChI=1S/C7H7BrClNO2S.Na.H/c1-13(11,12)4-5-2-6(8)7(9)10-3-5;;/h2-3H,4H2,1H3;;/q;+1;-1. The fourth-order valence-electron chi connectivity index (χ4n) is 0.843. The minimum atomic E-state index is -3.01. The molecule has 0 atom stereocenters. The van der Waals surface area contributed by atoms with Crippen molar-refractivity contribution in [2.75, 3.05) is 6.26 Å². The van der Waals surface area contributed by atoms with Crippen molar-refractivity contribution < 1.29 is 39.4 Å². The first-order valence-electron chi connectivity index (χ1n) is 3.36. The van der Waals surface area contributed by atoms with Gasteiger partial charge in [0, 0.05) is 12.5 Å². The Hall–Kier alpha value is 0.870. The van der Waals surface area contributed by atoms with Crippen LogP contribution in [-0.4, -0.2) is 19.7 Å². The molecule has 3 nitrogen and oxygen atoms in total. The molecule has 0 amide bonds. The van der Waals surface area contributed by atoms with Gasteiger partial charge in [-0.2, -0.15) is 0 Å². The predicted octanol–water partition coefficient (Wildman–Crippen LogP) is -0.841. The molecule has 0 bridgehead atoms. The van der Waals surface area contributed by atoms with Crippen molar-refractivity contribution in [2.24, 2.45) is 0 Å². The maximum atomic E-state index is 10.9. The molecule has 1 aromatic heterocycles. The van der Waals surface area contributed by atoms with Crippen LogP contribution in [0.4, 0.5) is 0 Å². The molecule has 0 unspecified atom stereocenters. The summed E-state index contributed by atoms with van der Waals surface area (Å²) >= 11 is 8.81. The molecule has 0 saturated heterocycles. The van der Waals surface area contributed by atoms with Gasteiger partial charge in [-0.25, -0.2) is 13.4 Å². The number of pyridine rings is 1. The first-order valence-corrected chi connectivity index (χ1v) is 6.59. The van der Waals surface area contributed by atoms with E-state index in [2.05, 4.69) is 20.9 Å². The third kappa shape index (κ3) is 5.09. The van der Waals surface area contributed by atoms with Crippen molar-refractivity contribution in [3.63, 3.8) is 0 Å². The Kier molecular flexibility index (Phi) is 6.18. The second-order valence-electron chi connectivity index (χ2n) is 2.69. The first kappa shape index (κ1) is 14.9. The van der Waals surface area contributed by atoms with Gasteiger partial charge in [0.2, 0.25) is 0 Å². The van der Waals surface area contributed by atoms with Gasteiger partial charge in [0.25, 0.3) is 0 Å². The molecular weight excluding hydrogens is 300 g/mol. The van der Waals surface area contributed by atoms with Crippen molar-refractivity contribution >= 4 is 37.4 Å². The normalized spacial score (nSPS) is 10.8. The molecule has 0 saturated carbocycles. The summed E-state index contributed by atoms with van der Waals surface area (Å²) in [4.78, 5) is 3.82. The van der Waals surface area contributed by atoms with E-state index in [1.807, 2.05) is 0 Å². The van der Waals surface area contributed by atoms with Gasteiger partial charge >= 0.3 is 29.6 Å². The maximum Gasteiger partial charge on any atom is 1.00 e. The fourth-order valence-corrected chi connectivity index (χ4v) is 2.11. The Balaban J connectivity index is 0. The van der Waals surface area contributed by atoms with Crippen LogP contribution < -0.4 is 29.6 Å². The van der Waals surface area contributed by atoms with Gasteiger partial charge in [0.15, 0.2) is 9.84 Å². The van der Waals surface area contributed by atoms with Crippen LogP contribution in [0.15, 0.2) is 16.7 Å². The van der Waals surface area contributed by atoms with Crippen LogP contribution in [-0.2, 0) is 15.6 Å². The van der Waals surface area contributed by atoms with Crippen LogP contribution in [0.3, 0.4) is 0 Å². The Bertz CT molecular complexity index is 429.